The Morgan fingerprint density at radius 2 is 2.31 bits per heavy atom. The number of hydrogen-bond acceptors (Lipinski definition) is 2. The molecule has 1 aliphatic heterocycles. The number of aryl methyl sites for hydroxylation is 1. The van der Waals surface area contributed by atoms with Crippen LogP contribution in [0.3, 0.4) is 0 Å². The maximum Gasteiger partial charge on any atom is 0.0408 e. The van der Waals surface area contributed by atoms with Gasteiger partial charge in [-0.05, 0) is 43.5 Å². The zero-order valence-electron chi connectivity index (χ0n) is 9.79. The summed E-state index contributed by atoms with van der Waals surface area (Å²) in [4.78, 5) is 0. The fourth-order valence-corrected chi connectivity index (χ4v) is 3.50. The smallest absolute Gasteiger partial charge is 0.0408 e. The third-order valence-electron chi connectivity index (χ3n) is 3.19. The standard InChI is InChI=1S/C13H18ClNS/c1-9-3-4-12(14)7-11(9)8-13-10(2)15-5-6-16-13/h3-4,7,10,13,15H,5-6,8H2,1-2H3. The summed E-state index contributed by atoms with van der Waals surface area (Å²) >= 11 is 8.12. The van der Waals surface area contributed by atoms with Crippen molar-refractivity contribution in [1.29, 1.82) is 0 Å². The van der Waals surface area contributed by atoms with Crippen LogP contribution in [0.4, 0.5) is 0 Å². The first kappa shape index (κ1) is 12.3. The SMILES string of the molecule is Cc1ccc(Cl)cc1CC1SCCNC1C. The molecular weight excluding hydrogens is 238 g/mol. The van der Waals surface area contributed by atoms with Crippen LogP contribution in [-0.4, -0.2) is 23.6 Å². The van der Waals surface area contributed by atoms with E-state index in [0.29, 0.717) is 11.3 Å². The van der Waals surface area contributed by atoms with E-state index in [-0.39, 0.29) is 0 Å². The molecule has 2 atom stereocenters. The van der Waals surface area contributed by atoms with Gasteiger partial charge in [0.1, 0.15) is 0 Å². The van der Waals surface area contributed by atoms with Crippen molar-refractivity contribution in [2.75, 3.05) is 12.3 Å². The quantitative estimate of drug-likeness (QED) is 0.871. The molecule has 0 radical (unpaired) electrons. The Labute approximate surface area is 107 Å². The van der Waals surface area contributed by atoms with Gasteiger partial charge >= 0.3 is 0 Å². The van der Waals surface area contributed by atoms with Gasteiger partial charge in [0.2, 0.25) is 0 Å². The minimum Gasteiger partial charge on any atom is -0.312 e. The third kappa shape index (κ3) is 2.93. The third-order valence-corrected chi connectivity index (χ3v) is 4.87. The Morgan fingerprint density at radius 3 is 3.06 bits per heavy atom. The molecule has 1 N–H and O–H groups in total. The number of nitrogens with one attached hydrogen (secondary N) is 1. The lowest BCUT2D eigenvalue weighted by atomic mass is 10.0. The van der Waals surface area contributed by atoms with Crippen LogP contribution in [-0.2, 0) is 6.42 Å². The summed E-state index contributed by atoms with van der Waals surface area (Å²) in [5, 5.41) is 5.05. The molecule has 0 saturated carbocycles. The van der Waals surface area contributed by atoms with Gasteiger partial charge in [0, 0.05) is 28.6 Å². The average molecular weight is 256 g/mol. The Balaban J connectivity index is 2.10. The highest BCUT2D eigenvalue weighted by Gasteiger charge is 2.22. The second-order valence-corrected chi connectivity index (χ2v) is 6.21. The van der Waals surface area contributed by atoms with Crippen molar-refractivity contribution >= 4 is 23.4 Å². The van der Waals surface area contributed by atoms with E-state index in [0.717, 1.165) is 18.0 Å². The molecule has 2 unspecified atom stereocenters. The first-order valence-corrected chi connectivity index (χ1v) is 7.19. The summed E-state index contributed by atoms with van der Waals surface area (Å²) in [6.45, 7) is 5.57. The van der Waals surface area contributed by atoms with Gasteiger partial charge in [0.15, 0.2) is 0 Å². The van der Waals surface area contributed by atoms with Crippen LogP contribution in [0.5, 0.6) is 0 Å². The van der Waals surface area contributed by atoms with Gasteiger partial charge in [-0.1, -0.05) is 17.7 Å². The lowest BCUT2D eigenvalue weighted by Crippen LogP contribution is -2.42. The summed E-state index contributed by atoms with van der Waals surface area (Å²) in [6.07, 6.45) is 1.12. The van der Waals surface area contributed by atoms with Crippen molar-refractivity contribution in [2.45, 2.75) is 31.6 Å². The second kappa shape index (κ2) is 5.44. The molecule has 2 rings (SSSR count). The fraction of sp³-hybridized carbons (Fsp3) is 0.538. The Kier molecular flexibility index (Phi) is 4.17. The second-order valence-electron chi connectivity index (χ2n) is 4.43. The van der Waals surface area contributed by atoms with Crippen LogP contribution < -0.4 is 5.32 Å². The normalized spacial score (nSPS) is 25.7. The zero-order valence-corrected chi connectivity index (χ0v) is 11.4. The molecule has 1 nitrogen and oxygen atoms in total. The van der Waals surface area contributed by atoms with E-state index in [1.165, 1.54) is 16.9 Å². The van der Waals surface area contributed by atoms with Gasteiger partial charge in [0.05, 0.1) is 0 Å². The molecule has 0 amide bonds. The predicted octanol–water partition coefficient (Wildman–Crippen LogP) is 3.28. The van der Waals surface area contributed by atoms with Crippen LogP contribution in [0, 0.1) is 6.92 Å². The summed E-state index contributed by atoms with van der Waals surface area (Å²) in [5.74, 6) is 1.22. The van der Waals surface area contributed by atoms with Crippen LogP contribution in [0.25, 0.3) is 0 Å². The molecule has 1 heterocycles. The highest BCUT2D eigenvalue weighted by molar-refractivity contribution is 8.00. The first-order chi connectivity index (χ1) is 7.66. The molecule has 16 heavy (non-hydrogen) atoms. The fourth-order valence-electron chi connectivity index (χ4n) is 2.09. The van der Waals surface area contributed by atoms with Crippen LogP contribution >= 0.6 is 23.4 Å². The molecule has 1 saturated heterocycles. The molecule has 0 aliphatic carbocycles. The average Bonchev–Trinajstić information content (AvgIpc) is 2.27. The molecule has 3 heteroatoms. The highest BCUT2D eigenvalue weighted by Crippen LogP contribution is 2.25. The van der Waals surface area contributed by atoms with E-state index in [1.807, 2.05) is 6.07 Å². The minimum absolute atomic E-state index is 0.595. The maximum absolute atomic E-state index is 6.05. The van der Waals surface area contributed by atoms with E-state index in [4.69, 9.17) is 11.6 Å². The predicted molar refractivity (Wildman–Crippen MR) is 73.6 cm³/mol. The Morgan fingerprint density at radius 1 is 1.50 bits per heavy atom. The molecule has 1 aliphatic rings. The van der Waals surface area contributed by atoms with Crippen LogP contribution in [0.1, 0.15) is 18.1 Å². The first-order valence-electron chi connectivity index (χ1n) is 5.77. The van der Waals surface area contributed by atoms with Gasteiger partial charge in [0.25, 0.3) is 0 Å². The van der Waals surface area contributed by atoms with Crippen molar-refractivity contribution < 1.29 is 0 Å². The Hall–Kier alpha value is -0.180. The van der Waals surface area contributed by atoms with E-state index in [2.05, 4.69) is 43.1 Å². The van der Waals surface area contributed by atoms with Crippen LogP contribution in [0.15, 0.2) is 18.2 Å². The highest BCUT2D eigenvalue weighted by atomic mass is 35.5. The monoisotopic (exact) mass is 255 g/mol. The van der Waals surface area contributed by atoms with Gasteiger partial charge in [-0.2, -0.15) is 11.8 Å². The number of rotatable bonds is 2. The summed E-state index contributed by atoms with van der Waals surface area (Å²) < 4.78 is 0. The lowest BCUT2D eigenvalue weighted by molar-refractivity contribution is 0.528. The molecule has 1 aromatic rings. The minimum atomic E-state index is 0.595. The largest absolute Gasteiger partial charge is 0.312 e. The molecule has 1 fully saturated rings. The summed E-state index contributed by atoms with van der Waals surface area (Å²) in [5.41, 5.74) is 2.74. The number of benzene rings is 1. The van der Waals surface area contributed by atoms with Crippen molar-refractivity contribution in [3.8, 4) is 0 Å². The van der Waals surface area contributed by atoms with E-state index in [9.17, 15) is 0 Å². The van der Waals surface area contributed by atoms with Crippen molar-refractivity contribution in [1.82, 2.24) is 5.32 Å². The van der Waals surface area contributed by atoms with Crippen LogP contribution in [0.2, 0.25) is 5.02 Å². The maximum atomic E-state index is 6.05. The van der Waals surface area contributed by atoms with Crippen molar-refractivity contribution in [2.24, 2.45) is 0 Å². The van der Waals surface area contributed by atoms with E-state index < -0.39 is 0 Å². The van der Waals surface area contributed by atoms with E-state index >= 15 is 0 Å². The van der Waals surface area contributed by atoms with Gasteiger partial charge in [-0.3, -0.25) is 0 Å². The molecule has 0 spiro atoms. The lowest BCUT2D eigenvalue weighted by Gasteiger charge is -2.30. The topological polar surface area (TPSA) is 12.0 Å². The molecule has 88 valence electrons. The zero-order chi connectivity index (χ0) is 11.5. The summed E-state index contributed by atoms with van der Waals surface area (Å²) in [7, 11) is 0. The van der Waals surface area contributed by atoms with Gasteiger partial charge < -0.3 is 5.32 Å². The molecular formula is C13H18ClNS. The molecule has 0 bridgehead atoms. The number of halogens is 1. The molecule has 1 aromatic carbocycles. The Bertz CT molecular complexity index is 367. The van der Waals surface area contributed by atoms with E-state index in [1.54, 1.807) is 0 Å². The number of hydrogen-bond donors (Lipinski definition) is 1. The van der Waals surface area contributed by atoms with Crippen molar-refractivity contribution in [3.63, 3.8) is 0 Å². The molecule has 0 aromatic heterocycles. The van der Waals surface area contributed by atoms with Crippen molar-refractivity contribution in [3.05, 3.63) is 34.3 Å². The van der Waals surface area contributed by atoms with Gasteiger partial charge in [-0.25, -0.2) is 0 Å². The van der Waals surface area contributed by atoms with Gasteiger partial charge in [-0.15, -0.1) is 0 Å². The summed E-state index contributed by atoms with van der Waals surface area (Å²) in [6, 6.07) is 6.79. The number of thioether (sulfide) groups is 1.